The van der Waals surface area contributed by atoms with Gasteiger partial charge in [0.25, 0.3) is 0 Å². The van der Waals surface area contributed by atoms with Crippen molar-refractivity contribution < 1.29 is 8.42 Å². The molecular weight excluding hydrogens is 174 g/mol. The highest BCUT2D eigenvalue weighted by atomic mass is 32.2. The summed E-state index contributed by atoms with van der Waals surface area (Å²) in [6.07, 6.45) is 1.67. The van der Waals surface area contributed by atoms with E-state index in [0.29, 0.717) is 0 Å². The first-order chi connectivity index (χ1) is 4.52. The van der Waals surface area contributed by atoms with E-state index in [4.69, 9.17) is 0 Å². The van der Waals surface area contributed by atoms with Crippen LogP contribution in [0.25, 0.3) is 0 Å². The molecule has 1 aliphatic carbocycles. The summed E-state index contributed by atoms with van der Waals surface area (Å²) < 4.78 is 24.7. The highest BCUT2D eigenvalue weighted by molar-refractivity contribution is 7.90. The first-order valence-electron chi connectivity index (χ1n) is 3.53. The Labute approximate surface area is 76.6 Å². The van der Waals surface area contributed by atoms with Crippen LogP contribution in [-0.4, -0.2) is 19.7 Å². The number of sulfonamides is 1. The SMILES string of the molecule is C.C.CC(C)NS(=O)(=O)C1CC1. The van der Waals surface area contributed by atoms with E-state index in [1.807, 2.05) is 13.8 Å². The summed E-state index contributed by atoms with van der Waals surface area (Å²) in [4.78, 5) is 0. The van der Waals surface area contributed by atoms with Crippen molar-refractivity contribution in [3.8, 4) is 0 Å². The summed E-state index contributed by atoms with van der Waals surface area (Å²) in [6, 6.07) is 0.0330. The molecule has 0 bridgehead atoms. The van der Waals surface area contributed by atoms with Gasteiger partial charge in [0.15, 0.2) is 0 Å². The van der Waals surface area contributed by atoms with Crippen molar-refractivity contribution in [2.75, 3.05) is 0 Å². The average Bonchev–Trinajstić information content (AvgIpc) is 2.35. The molecule has 1 rings (SSSR count). The highest BCUT2D eigenvalue weighted by Gasteiger charge is 2.35. The molecular formula is C8H21NO2S. The van der Waals surface area contributed by atoms with E-state index in [0.717, 1.165) is 12.8 Å². The summed E-state index contributed by atoms with van der Waals surface area (Å²) in [5.74, 6) is 0. The first-order valence-corrected chi connectivity index (χ1v) is 5.08. The lowest BCUT2D eigenvalue weighted by molar-refractivity contribution is 0.568. The molecule has 0 amide bonds. The smallest absolute Gasteiger partial charge is 0.212 e. The average molecular weight is 195 g/mol. The Bertz CT molecular complexity index is 205. The van der Waals surface area contributed by atoms with Gasteiger partial charge in [-0.2, -0.15) is 0 Å². The molecule has 0 aromatic rings. The Morgan fingerprint density at radius 1 is 1.25 bits per heavy atom. The van der Waals surface area contributed by atoms with Crippen LogP contribution in [0.2, 0.25) is 0 Å². The van der Waals surface area contributed by atoms with Crippen molar-refractivity contribution in [2.24, 2.45) is 0 Å². The number of nitrogens with one attached hydrogen (secondary N) is 1. The molecule has 12 heavy (non-hydrogen) atoms. The zero-order valence-electron chi connectivity index (χ0n) is 6.29. The topological polar surface area (TPSA) is 46.2 Å². The Balaban J connectivity index is 0. The van der Waals surface area contributed by atoms with E-state index < -0.39 is 10.0 Å². The highest BCUT2D eigenvalue weighted by Crippen LogP contribution is 2.27. The maximum absolute atomic E-state index is 11.1. The van der Waals surface area contributed by atoms with Crippen molar-refractivity contribution in [2.45, 2.75) is 52.8 Å². The minimum atomic E-state index is -2.94. The van der Waals surface area contributed by atoms with Crippen LogP contribution in [0.5, 0.6) is 0 Å². The van der Waals surface area contributed by atoms with E-state index in [1.54, 1.807) is 0 Å². The van der Waals surface area contributed by atoms with Crippen LogP contribution in [0.1, 0.15) is 41.5 Å². The Morgan fingerprint density at radius 3 is 1.92 bits per heavy atom. The van der Waals surface area contributed by atoms with Gasteiger partial charge in [-0.15, -0.1) is 0 Å². The van der Waals surface area contributed by atoms with Crippen molar-refractivity contribution in [3.63, 3.8) is 0 Å². The molecule has 0 heterocycles. The maximum Gasteiger partial charge on any atom is 0.214 e. The van der Waals surface area contributed by atoms with E-state index in [1.165, 1.54) is 0 Å². The molecule has 0 aliphatic heterocycles. The fourth-order valence-electron chi connectivity index (χ4n) is 0.803. The van der Waals surface area contributed by atoms with Crippen LogP contribution in [-0.2, 0) is 10.0 Å². The lowest BCUT2D eigenvalue weighted by Gasteiger charge is -2.07. The van der Waals surface area contributed by atoms with Gasteiger partial charge in [-0.05, 0) is 26.7 Å². The normalized spacial score (nSPS) is 16.6. The molecule has 0 atom stereocenters. The molecule has 0 saturated heterocycles. The molecule has 0 radical (unpaired) electrons. The van der Waals surface area contributed by atoms with Crippen LogP contribution in [0, 0.1) is 0 Å². The van der Waals surface area contributed by atoms with Gasteiger partial charge in [-0.1, -0.05) is 14.9 Å². The largest absolute Gasteiger partial charge is 0.214 e. The molecule has 0 aromatic heterocycles. The summed E-state index contributed by atoms with van der Waals surface area (Å²) in [7, 11) is -2.94. The van der Waals surface area contributed by atoms with E-state index >= 15 is 0 Å². The third kappa shape index (κ3) is 4.07. The Morgan fingerprint density at radius 2 is 1.67 bits per heavy atom. The molecule has 4 heteroatoms. The fourth-order valence-corrected chi connectivity index (χ4v) is 2.41. The molecule has 3 nitrogen and oxygen atoms in total. The second-order valence-electron chi connectivity index (χ2n) is 3.02. The minimum absolute atomic E-state index is 0. The quantitative estimate of drug-likeness (QED) is 0.745. The number of hydrogen-bond donors (Lipinski definition) is 1. The van der Waals surface area contributed by atoms with Gasteiger partial charge < -0.3 is 0 Å². The van der Waals surface area contributed by atoms with Crippen LogP contribution in [0.4, 0.5) is 0 Å². The van der Waals surface area contributed by atoms with Gasteiger partial charge in [0.1, 0.15) is 0 Å². The molecule has 1 saturated carbocycles. The zero-order chi connectivity index (χ0) is 7.78. The van der Waals surface area contributed by atoms with Gasteiger partial charge in [-0.3, -0.25) is 0 Å². The van der Waals surface area contributed by atoms with Crippen molar-refractivity contribution in [1.82, 2.24) is 4.72 Å². The summed E-state index contributed by atoms with van der Waals surface area (Å²) in [5, 5.41) is -0.0881. The summed E-state index contributed by atoms with van der Waals surface area (Å²) >= 11 is 0. The van der Waals surface area contributed by atoms with Gasteiger partial charge in [0.05, 0.1) is 5.25 Å². The Hall–Kier alpha value is -0.0900. The van der Waals surface area contributed by atoms with Gasteiger partial charge in [0, 0.05) is 6.04 Å². The predicted molar refractivity (Wildman–Crippen MR) is 53.7 cm³/mol. The predicted octanol–water partition coefficient (Wildman–Crippen LogP) is 1.75. The molecule has 0 unspecified atom stereocenters. The first kappa shape index (κ1) is 14.4. The summed E-state index contributed by atoms with van der Waals surface area (Å²) in [6.45, 7) is 3.67. The third-order valence-corrected chi connectivity index (χ3v) is 3.51. The van der Waals surface area contributed by atoms with Gasteiger partial charge >= 0.3 is 0 Å². The van der Waals surface area contributed by atoms with E-state index in [2.05, 4.69) is 4.72 Å². The van der Waals surface area contributed by atoms with Gasteiger partial charge in [-0.25, -0.2) is 13.1 Å². The third-order valence-electron chi connectivity index (χ3n) is 1.36. The van der Waals surface area contributed by atoms with E-state index in [9.17, 15) is 8.42 Å². The zero-order valence-corrected chi connectivity index (χ0v) is 7.11. The summed E-state index contributed by atoms with van der Waals surface area (Å²) in [5.41, 5.74) is 0. The van der Waals surface area contributed by atoms with Gasteiger partial charge in [0.2, 0.25) is 10.0 Å². The second kappa shape index (κ2) is 4.82. The standard InChI is InChI=1S/C6H13NO2S.2CH4/c1-5(2)7-10(8,9)6-3-4-6;;/h5-7H,3-4H2,1-2H3;2*1H4. The van der Waals surface area contributed by atoms with Crippen molar-refractivity contribution in [1.29, 1.82) is 0 Å². The van der Waals surface area contributed by atoms with Crippen LogP contribution in [0.15, 0.2) is 0 Å². The molecule has 76 valence electrons. The lowest BCUT2D eigenvalue weighted by atomic mass is 10.4. The fraction of sp³-hybridized carbons (Fsp3) is 1.00. The lowest BCUT2D eigenvalue weighted by Crippen LogP contribution is -2.32. The molecule has 0 aromatic carbocycles. The molecule has 1 fully saturated rings. The van der Waals surface area contributed by atoms with E-state index in [-0.39, 0.29) is 26.1 Å². The minimum Gasteiger partial charge on any atom is -0.212 e. The molecule has 1 aliphatic rings. The molecule has 0 spiro atoms. The second-order valence-corrected chi connectivity index (χ2v) is 5.01. The molecule has 1 N–H and O–H groups in total. The van der Waals surface area contributed by atoms with Crippen LogP contribution >= 0.6 is 0 Å². The monoisotopic (exact) mass is 195 g/mol. The maximum atomic E-state index is 11.1. The number of hydrogen-bond acceptors (Lipinski definition) is 2. The van der Waals surface area contributed by atoms with Crippen molar-refractivity contribution in [3.05, 3.63) is 0 Å². The van der Waals surface area contributed by atoms with Crippen molar-refractivity contribution >= 4 is 10.0 Å². The van der Waals surface area contributed by atoms with Crippen LogP contribution in [0.3, 0.4) is 0 Å². The number of rotatable bonds is 3. The van der Waals surface area contributed by atoms with Crippen LogP contribution < -0.4 is 4.72 Å². The Kier molecular flexibility index (Phi) is 5.80.